The van der Waals surface area contributed by atoms with Crippen molar-refractivity contribution in [3.63, 3.8) is 0 Å². The Kier molecular flexibility index (Phi) is 3.01. The van der Waals surface area contributed by atoms with Crippen LogP contribution in [0.1, 0.15) is 41.0 Å². The minimum Gasteiger partial charge on any atom is -0.464 e. The van der Waals surface area contributed by atoms with Gasteiger partial charge in [-0.15, -0.1) is 11.3 Å². The van der Waals surface area contributed by atoms with Crippen molar-refractivity contribution >= 4 is 22.4 Å². The summed E-state index contributed by atoms with van der Waals surface area (Å²) in [6, 6.07) is 0.555. The topological polar surface area (TPSA) is 51.2 Å². The number of hydrogen-bond donors (Lipinski definition) is 1. The molecule has 18 heavy (non-hydrogen) atoms. The van der Waals surface area contributed by atoms with Gasteiger partial charge in [0.25, 0.3) is 0 Å². The highest BCUT2D eigenvalue weighted by atomic mass is 32.1. The summed E-state index contributed by atoms with van der Waals surface area (Å²) in [7, 11) is 1.39. The molecular weight excluding hydrogens is 248 g/mol. The standard InChI is InChI=1S/C13H18N2O2S/c1-7-11(12(16)17-2)15-13(18-7)14-10-6-8-3-4-9(10)5-8/h8-10H,3-6H2,1-2H3,(H,14,15). The Balaban J connectivity index is 1.72. The monoisotopic (exact) mass is 266 g/mol. The number of rotatable bonds is 3. The molecule has 1 N–H and O–H groups in total. The summed E-state index contributed by atoms with van der Waals surface area (Å²) in [4.78, 5) is 16.8. The van der Waals surface area contributed by atoms with Gasteiger partial charge in [-0.2, -0.15) is 0 Å². The quantitative estimate of drug-likeness (QED) is 0.855. The molecule has 3 unspecified atom stereocenters. The number of methoxy groups -OCH3 is 1. The first kappa shape index (κ1) is 12.0. The van der Waals surface area contributed by atoms with E-state index in [2.05, 4.69) is 10.3 Å². The highest BCUT2D eigenvalue weighted by Gasteiger charge is 2.39. The van der Waals surface area contributed by atoms with Crippen LogP contribution in [-0.4, -0.2) is 24.1 Å². The maximum Gasteiger partial charge on any atom is 0.357 e. The lowest BCUT2D eigenvalue weighted by molar-refractivity contribution is 0.0594. The van der Waals surface area contributed by atoms with Gasteiger partial charge in [0.05, 0.1) is 7.11 Å². The summed E-state index contributed by atoms with van der Waals surface area (Å²) in [6.07, 6.45) is 5.37. The van der Waals surface area contributed by atoms with Gasteiger partial charge in [-0.25, -0.2) is 9.78 Å². The van der Waals surface area contributed by atoms with Crippen LogP contribution in [0.15, 0.2) is 0 Å². The molecule has 2 aliphatic carbocycles. The Morgan fingerprint density at radius 3 is 2.89 bits per heavy atom. The minimum absolute atomic E-state index is 0.343. The Labute approximate surface area is 111 Å². The molecule has 3 rings (SSSR count). The Morgan fingerprint density at radius 2 is 2.28 bits per heavy atom. The summed E-state index contributed by atoms with van der Waals surface area (Å²) in [5, 5.41) is 4.38. The number of hydrogen-bond acceptors (Lipinski definition) is 5. The predicted molar refractivity (Wildman–Crippen MR) is 71.0 cm³/mol. The van der Waals surface area contributed by atoms with Crippen LogP contribution in [0.4, 0.5) is 5.13 Å². The van der Waals surface area contributed by atoms with Gasteiger partial charge >= 0.3 is 5.97 Å². The third-order valence-electron chi connectivity index (χ3n) is 4.22. The first-order valence-corrected chi connectivity index (χ1v) is 7.31. The lowest BCUT2D eigenvalue weighted by atomic mass is 9.96. The fraction of sp³-hybridized carbons (Fsp3) is 0.692. The molecule has 4 nitrogen and oxygen atoms in total. The largest absolute Gasteiger partial charge is 0.464 e. The Hall–Kier alpha value is -1.10. The van der Waals surface area contributed by atoms with E-state index in [0.717, 1.165) is 21.8 Å². The van der Waals surface area contributed by atoms with Crippen LogP contribution >= 0.6 is 11.3 Å². The number of carbonyl (C=O) groups excluding carboxylic acids is 1. The Bertz CT molecular complexity index is 472. The number of carbonyl (C=O) groups is 1. The third kappa shape index (κ3) is 2.00. The van der Waals surface area contributed by atoms with Gasteiger partial charge in [-0.05, 0) is 38.0 Å². The summed E-state index contributed by atoms with van der Waals surface area (Å²) in [5.74, 6) is 1.37. The van der Waals surface area contributed by atoms with Gasteiger partial charge in [0, 0.05) is 10.9 Å². The zero-order chi connectivity index (χ0) is 12.7. The average Bonchev–Trinajstić information content (AvgIpc) is 3.04. The van der Waals surface area contributed by atoms with Gasteiger partial charge in [0.2, 0.25) is 0 Å². The molecule has 1 heterocycles. The molecule has 1 aromatic rings. The van der Waals surface area contributed by atoms with Crippen LogP contribution in [0.25, 0.3) is 0 Å². The fourth-order valence-corrected chi connectivity index (χ4v) is 4.19. The van der Waals surface area contributed by atoms with Gasteiger partial charge < -0.3 is 10.1 Å². The van der Waals surface area contributed by atoms with E-state index in [1.165, 1.54) is 32.8 Å². The second-order valence-corrected chi connectivity index (χ2v) is 6.54. The SMILES string of the molecule is COC(=O)c1nc(NC2CC3CCC2C3)sc1C. The van der Waals surface area contributed by atoms with Gasteiger partial charge in [0.15, 0.2) is 10.8 Å². The number of anilines is 1. The van der Waals surface area contributed by atoms with E-state index in [1.807, 2.05) is 6.92 Å². The van der Waals surface area contributed by atoms with Crippen LogP contribution in [0.2, 0.25) is 0 Å². The number of aromatic nitrogens is 1. The summed E-state index contributed by atoms with van der Waals surface area (Å²) >= 11 is 1.55. The highest BCUT2D eigenvalue weighted by Crippen LogP contribution is 2.45. The number of nitrogens with zero attached hydrogens (tertiary/aromatic N) is 1. The zero-order valence-corrected chi connectivity index (χ0v) is 11.5. The molecule has 0 spiro atoms. The molecule has 0 aliphatic heterocycles. The predicted octanol–water partition coefficient (Wildman–Crippen LogP) is 2.84. The van der Waals surface area contributed by atoms with E-state index >= 15 is 0 Å². The lowest BCUT2D eigenvalue weighted by Gasteiger charge is -2.22. The number of aryl methyl sites for hydroxylation is 1. The van der Waals surface area contributed by atoms with Crippen molar-refractivity contribution in [2.24, 2.45) is 11.8 Å². The molecule has 5 heteroatoms. The summed E-state index contributed by atoms with van der Waals surface area (Å²) in [5.41, 5.74) is 0.452. The molecular formula is C13H18N2O2S. The van der Waals surface area contributed by atoms with Crippen molar-refractivity contribution in [2.75, 3.05) is 12.4 Å². The maximum atomic E-state index is 11.5. The molecule has 98 valence electrons. The molecule has 2 saturated carbocycles. The van der Waals surface area contributed by atoms with Crippen LogP contribution < -0.4 is 5.32 Å². The van der Waals surface area contributed by atoms with Gasteiger partial charge in [-0.3, -0.25) is 0 Å². The van der Waals surface area contributed by atoms with E-state index in [-0.39, 0.29) is 5.97 Å². The average molecular weight is 266 g/mol. The van der Waals surface area contributed by atoms with Crippen LogP contribution in [0.5, 0.6) is 0 Å². The maximum absolute atomic E-state index is 11.5. The second kappa shape index (κ2) is 4.53. The van der Waals surface area contributed by atoms with E-state index in [4.69, 9.17) is 4.74 Å². The van der Waals surface area contributed by atoms with Crippen molar-refractivity contribution in [3.05, 3.63) is 10.6 Å². The molecule has 0 saturated heterocycles. The summed E-state index contributed by atoms with van der Waals surface area (Å²) < 4.78 is 4.73. The van der Waals surface area contributed by atoms with Crippen molar-refractivity contribution in [1.82, 2.24) is 4.98 Å². The third-order valence-corrected chi connectivity index (χ3v) is 5.12. The smallest absolute Gasteiger partial charge is 0.357 e. The van der Waals surface area contributed by atoms with E-state index in [9.17, 15) is 4.79 Å². The molecule has 0 radical (unpaired) electrons. The lowest BCUT2D eigenvalue weighted by Crippen LogP contribution is -2.25. The van der Waals surface area contributed by atoms with Crippen LogP contribution in [0, 0.1) is 18.8 Å². The fourth-order valence-electron chi connectivity index (χ4n) is 3.32. The molecule has 2 bridgehead atoms. The molecule has 0 aromatic carbocycles. The molecule has 0 amide bonds. The van der Waals surface area contributed by atoms with E-state index < -0.39 is 0 Å². The van der Waals surface area contributed by atoms with Crippen molar-refractivity contribution < 1.29 is 9.53 Å². The molecule has 3 atom stereocenters. The number of nitrogens with one attached hydrogen (secondary N) is 1. The first-order chi connectivity index (χ1) is 8.67. The number of thiazole rings is 1. The normalized spacial score (nSPS) is 29.6. The van der Waals surface area contributed by atoms with Gasteiger partial charge in [0.1, 0.15) is 0 Å². The van der Waals surface area contributed by atoms with E-state index in [0.29, 0.717) is 11.7 Å². The molecule has 1 aromatic heterocycles. The van der Waals surface area contributed by atoms with Crippen LogP contribution in [-0.2, 0) is 4.74 Å². The second-order valence-electron chi connectivity index (χ2n) is 5.34. The zero-order valence-electron chi connectivity index (χ0n) is 10.7. The number of fused-ring (bicyclic) bond motifs is 2. The van der Waals surface area contributed by atoms with Crippen molar-refractivity contribution in [2.45, 2.75) is 38.6 Å². The van der Waals surface area contributed by atoms with Crippen molar-refractivity contribution in [3.8, 4) is 0 Å². The van der Waals surface area contributed by atoms with Gasteiger partial charge in [-0.1, -0.05) is 6.42 Å². The summed E-state index contributed by atoms with van der Waals surface area (Å²) in [6.45, 7) is 1.91. The van der Waals surface area contributed by atoms with E-state index in [1.54, 1.807) is 11.3 Å². The molecule has 2 fully saturated rings. The number of esters is 1. The van der Waals surface area contributed by atoms with Crippen molar-refractivity contribution in [1.29, 1.82) is 0 Å². The minimum atomic E-state index is -0.343. The molecule has 2 aliphatic rings. The number of ether oxygens (including phenoxy) is 1. The van der Waals surface area contributed by atoms with Crippen LogP contribution in [0.3, 0.4) is 0 Å². The highest BCUT2D eigenvalue weighted by molar-refractivity contribution is 7.15. The first-order valence-electron chi connectivity index (χ1n) is 6.49. The Morgan fingerprint density at radius 1 is 1.44 bits per heavy atom.